The first-order valence-electron chi connectivity index (χ1n) is 6.71. The van der Waals surface area contributed by atoms with Gasteiger partial charge in [0.25, 0.3) is 0 Å². The van der Waals surface area contributed by atoms with Gasteiger partial charge in [0.05, 0.1) is 19.1 Å². The molecule has 0 spiro atoms. The van der Waals surface area contributed by atoms with Crippen LogP contribution in [0.25, 0.3) is 11.2 Å². The Morgan fingerprint density at radius 1 is 1.61 bits per heavy atom. The second-order valence-electron chi connectivity index (χ2n) is 4.99. The predicted molar refractivity (Wildman–Crippen MR) is 82.3 cm³/mol. The average Bonchev–Trinajstić information content (AvgIpc) is 3.05. The zero-order chi connectivity index (χ0) is 16.6. The van der Waals surface area contributed by atoms with E-state index in [1.807, 2.05) is 0 Å². The Bertz CT molecular complexity index is 815. The van der Waals surface area contributed by atoms with Gasteiger partial charge in [-0.15, -0.1) is 5.92 Å². The zero-order valence-electron chi connectivity index (χ0n) is 12.0. The number of rotatable bonds is 3. The Morgan fingerprint density at radius 2 is 2.39 bits per heavy atom. The molecule has 0 bridgehead atoms. The number of anilines is 1. The summed E-state index contributed by atoms with van der Waals surface area (Å²) in [5.74, 6) is 5.50. The lowest BCUT2D eigenvalue weighted by Crippen LogP contribution is -2.39. The van der Waals surface area contributed by atoms with Crippen LogP contribution >= 0.6 is 11.6 Å². The number of nitroso groups, excluding NO2 is 1. The normalized spacial score (nSPS) is 30.1. The number of nitrogens with two attached hydrogens (primary N) is 1. The monoisotopic (exact) mass is 336 g/mol. The summed E-state index contributed by atoms with van der Waals surface area (Å²) in [6.45, 7) is 1.16. The van der Waals surface area contributed by atoms with Crippen molar-refractivity contribution >= 4 is 28.7 Å². The first kappa shape index (κ1) is 15.6. The van der Waals surface area contributed by atoms with Crippen LogP contribution in [0.15, 0.2) is 17.7 Å². The number of ether oxygens (including phenoxy) is 1. The molecule has 1 aliphatic heterocycles. The highest BCUT2D eigenvalue weighted by molar-refractivity contribution is 6.27. The summed E-state index contributed by atoms with van der Waals surface area (Å²) < 4.78 is 7.23. The zero-order valence-corrected chi connectivity index (χ0v) is 12.8. The molecule has 10 heteroatoms. The molecule has 0 radical (unpaired) electrons. The molecule has 9 nitrogen and oxygen atoms in total. The molecule has 4 atom stereocenters. The standard InChI is InChI=1S/C13H13ClN6O3/c1-2-3-13(14)9(19-22)8(5-21)23-11(13)20-6-17-7-4-16-12(15)18-10(7)20/h4,6,8-9,11,21H,5H2,1H3,(H2,15,16,18)/t8-,9?,11-,13-/m1/s1. The lowest BCUT2D eigenvalue weighted by atomic mass is 9.97. The van der Waals surface area contributed by atoms with E-state index in [0.29, 0.717) is 11.2 Å². The summed E-state index contributed by atoms with van der Waals surface area (Å²) in [5, 5.41) is 12.4. The molecule has 3 N–H and O–H groups in total. The van der Waals surface area contributed by atoms with E-state index in [4.69, 9.17) is 22.1 Å². The number of alkyl halides is 1. The van der Waals surface area contributed by atoms with E-state index in [9.17, 15) is 10.0 Å². The number of halogens is 1. The molecule has 2 aromatic heterocycles. The maximum absolute atomic E-state index is 11.2. The van der Waals surface area contributed by atoms with Crippen molar-refractivity contribution in [1.82, 2.24) is 19.5 Å². The number of hydrogen-bond acceptors (Lipinski definition) is 8. The van der Waals surface area contributed by atoms with Crippen LogP contribution in [-0.4, -0.2) is 48.3 Å². The van der Waals surface area contributed by atoms with Crippen molar-refractivity contribution in [2.24, 2.45) is 5.18 Å². The van der Waals surface area contributed by atoms with Crippen LogP contribution in [0.4, 0.5) is 5.95 Å². The van der Waals surface area contributed by atoms with Crippen LogP contribution in [0.3, 0.4) is 0 Å². The molecule has 0 aliphatic carbocycles. The van der Waals surface area contributed by atoms with Gasteiger partial charge in [0.15, 0.2) is 22.8 Å². The van der Waals surface area contributed by atoms with Crippen LogP contribution in [0.1, 0.15) is 13.2 Å². The molecule has 1 aliphatic rings. The minimum Gasteiger partial charge on any atom is -0.394 e. The van der Waals surface area contributed by atoms with Gasteiger partial charge in [-0.1, -0.05) is 22.7 Å². The third-order valence-corrected chi connectivity index (χ3v) is 4.15. The van der Waals surface area contributed by atoms with Crippen molar-refractivity contribution in [3.05, 3.63) is 17.4 Å². The summed E-state index contributed by atoms with van der Waals surface area (Å²) in [4.78, 5) is 21.9. The van der Waals surface area contributed by atoms with Crippen molar-refractivity contribution in [3.63, 3.8) is 0 Å². The van der Waals surface area contributed by atoms with E-state index >= 15 is 0 Å². The molecule has 0 amide bonds. The number of hydrogen-bond donors (Lipinski definition) is 2. The van der Waals surface area contributed by atoms with Crippen molar-refractivity contribution in [1.29, 1.82) is 0 Å². The second-order valence-corrected chi connectivity index (χ2v) is 5.62. The van der Waals surface area contributed by atoms with E-state index in [1.165, 1.54) is 17.1 Å². The van der Waals surface area contributed by atoms with Gasteiger partial charge in [-0.25, -0.2) is 9.97 Å². The fourth-order valence-electron chi connectivity index (χ4n) is 2.65. The third-order valence-electron chi connectivity index (χ3n) is 3.64. The Labute approximate surface area is 135 Å². The molecule has 0 saturated carbocycles. The summed E-state index contributed by atoms with van der Waals surface area (Å²) in [6.07, 6.45) is 1.10. The van der Waals surface area contributed by atoms with E-state index in [-0.39, 0.29) is 5.95 Å². The summed E-state index contributed by atoms with van der Waals surface area (Å²) in [6, 6.07) is -1.05. The fraction of sp³-hybridized carbons (Fsp3) is 0.462. The molecular formula is C13H13ClN6O3. The van der Waals surface area contributed by atoms with Crippen LogP contribution in [0, 0.1) is 16.7 Å². The van der Waals surface area contributed by atoms with Gasteiger partial charge in [0.1, 0.15) is 11.6 Å². The van der Waals surface area contributed by atoms with E-state index in [1.54, 1.807) is 6.92 Å². The van der Waals surface area contributed by atoms with Gasteiger partial charge in [-0.2, -0.15) is 9.89 Å². The molecule has 1 unspecified atom stereocenters. The smallest absolute Gasteiger partial charge is 0.222 e. The maximum Gasteiger partial charge on any atom is 0.222 e. The first-order valence-corrected chi connectivity index (χ1v) is 7.09. The van der Waals surface area contributed by atoms with Crippen molar-refractivity contribution in [2.45, 2.75) is 30.2 Å². The van der Waals surface area contributed by atoms with Crippen LogP contribution in [-0.2, 0) is 4.74 Å². The molecule has 2 aromatic rings. The van der Waals surface area contributed by atoms with Crippen LogP contribution in [0.5, 0.6) is 0 Å². The fourth-order valence-corrected chi connectivity index (χ4v) is 3.08. The van der Waals surface area contributed by atoms with Gasteiger partial charge >= 0.3 is 0 Å². The van der Waals surface area contributed by atoms with E-state index in [2.05, 4.69) is 32.0 Å². The molecule has 23 heavy (non-hydrogen) atoms. The van der Waals surface area contributed by atoms with Gasteiger partial charge in [-0.05, 0) is 6.92 Å². The highest BCUT2D eigenvalue weighted by Crippen LogP contribution is 2.45. The number of fused-ring (bicyclic) bond motifs is 1. The molecule has 120 valence electrons. The molecule has 3 heterocycles. The Hall–Kier alpha value is -2.28. The van der Waals surface area contributed by atoms with Gasteiger partial charge in [0.2, 0.25) is 5.95 Å². The molecule has 3 rings (SSSR count). The van der Waals surface area contributed by atoms with Crippen molar-refractivity contribution < 1.29 is 9.84 Å². The largest absolute Gasteiger partial charge is 0.394 e. The number of imidazole rings is 1. The minimum absolute atomic E-state index is 0.0581. The van der Waals surface area contributed by atoms with Crippen molar-refractivity contribution in [2.75, 3.05) is 12.3 Å². The number of aliphatic hydroxyl groups excluding tert-OH is 1. The minimum atomic E-state index is -1.46. The topological polar surface area (TPSA) is 129 Å². The predicted octanol–water partition coefficient (Wildman–Crippen LogP) is 0.434. The van der Waals surface area contributed by atoms with Gasteiger partial charge < -0.3 is 15.6 Å². The summed E-state index contributed by atoms with van der Waals surface area (Å²) >= 11 is 6.58. The Kier molecular flexibility index (Phi) is 3.89. The number of aliphatic hydroxyl groups is 1. The number of aromatic nitrogens is 4. The highest BCUT2D eigenvalue weighted by Gasteiger charge is 2.57. The Balaban J connectivity index is 2.17. The Morgan fingerprint density at radius 3 is 3.04 bits per heavy atom. The average molecular weight is 337 g/mol. The van der Waals surface area contributed by atoms with Gasteiger partial charge in [-0.3, -0.25) is 4.57 Å². The van der Waals surface area contributed by atoms with Crippen molar-refractivity contribution in [3.8, 4) is 11.8 Å². The summed E-state index contributed by atoms with van der Waals surface area (Å²) in [5.41, 5.74) is 6.47. The summed E-state index contributed by atoms with van der Waals surface area (Å²) in [7, 11) is 0. The molecule has 1 fully saturated rings. The first-order chi connectivity index (χ1) is 11.0. The molecular weight excluding hydrogens is 324 g/mol. The maximum atomic E-state index is 11.2. The highest BCUT2D eigenvalue weighted by atomic mass is 35.5. The second kappa shape index (κ2) is 5.73. The number of nitrogens with zero attached hydrogens (tertiary/aromatic N) is 5. The third kappa shape index (κ3) is 2.31. The lowest BCUT2D eigenvalue weighted by molar-refractivity contribution is -0.0259. The molecule has 1 saturated heterocycles. The van der Waals surface area contributed by atoms with Crippen LogP contribution < -0.4 is 5.73 Å². The van der Waals surface area contributed by atoms with Gasteiger partial charge in [0, 0.05) is 0 Å². The SMILES string of the molecule is CC#C[C@@]1(Cl)C(N=O)[C@@H](CO)O[C@H]1n1cnc2cnc(N)nc21. The molecule has 0 aromatic carbocycles. The lowest BCUT2D eigenvalue weighted by Gasteiger charge is -2.24. The van der Waals surface area contributed by atoms with E-state index in [0.717, 1.165) is 0 Å². The van der Waals surface area contributed by atoms with E-state index < -0.39 is 29.9 Å². The number of nitrogen functional groups attached to an aromatic ring is 1. The quantitative estimate of drug-likeness (QED) is 0.472. The van der Waals surface area contributed by atoms with Crippen LogP contribution in [0.2, 0.25) is 0 Å².